The number of aromatic nitrogens is 2. The van der Waals surface area contributed by atoms with E-state index in [1.807, 2.05) is 12.1 Å². The summed E-state index contributed by atoms with van der Waals surface area (Å²) in [7, 11) is 0. The zero-order valence-electron chi connectivity index (χ0n) is 9.41. The number of nitrogens with two attached hydrogens (primary N) is 1. The number of aryl methyl sites for hydroxylation is 1. The van der Waals surface area contributed by atoms with E-state index in [1.54, 1.807) is 0 Å². The molecule has 16 heavy (non-hydrogen) atoms. The van der Waals surface area contributed by atoms with Crippen molar-refractivity contribution in [1.82, 2.24) is 9.55 Å². The fourth-order valence-electron chi connectivity index (χ4n) is 1.89. The molecule has 1 aromatic heterocycles. The number of rotatable bonds is 4. The second-order valence-electron chi connectivity index (χ2n) is 3.94. The molecule has 0 saturated heterocycles. The van der Waals surface area contributed by atoms with Crippen LogP contribution < -0.4 is 5.73 Å². The Labute approximate surface area is 104 Å². The number of anilines is 1. The van der Waals surface area contributed by atoms with Crippen molar-refractivity contribution in [2.75, 3.05) is 5.73 Å². The molecule has 0 atom stereocenters. The van der Waals surface area contributed by atoms with Gasteiger partial charge in [-0.1, -0.05) is 25.8 Å². The van der Waals surface area contributed by atoms with Crippen LogP contribution in [0.5, 0.6) is 0 Å². The largest absolute Gasteiger partial charge is 0.369 e. The summed E-state index contributed by atoms with van der Waals surface area (Å²) in [6.45, 7) is 3.15. The van der Waals surface area contributed by atoms with E-state index >= 15 is 0 Å². The number of halogens is 1. The molecule has 0 radical (unpaired) electrons. The molecule has 1 aromatic carbocycles. The fourth-order valence-corrected chi connectivity index (χ4v) is 2.33. The lowest BCUT2D eigenvalue weighted by Gasteiger charge is -2.05. The molecular weight excluding hydrogens is 266 g/mol. The normalized spacial score (nSPS) is 11.1. The first-order chi connectivity index (χ1) is 7.74. The van der Waals surface area contributed by atoms with Gasteiger partial charge in [-0.3, -0.25) is 0 Å². The quantitative estimate of drug-likeness (QED) is 0.871. The minimum Gasteiger partial charge on any atom is -0.369 e. The molecule has 2 rings (SSSR count). The van der Waals surface area contributed by atoms with Crippen molar-refractivity contribution in [1.29, 1.82) is 0 Å². The molecule has 0 aliphatic carbocycles. The molecule has 0 unspecified atom stereocenters. The van der Waals surface area contributed by atoms with Crippen LogP contribution in [-0.4, -0.2) is 9.55 Å². The van der Waals surface area contributed by atoms with E-state index < -0.39 is 0 Å². The van der Waals surface area contributed by atoms with Crippen molar-refractivity contribution in [3.8, 4) is 0 Å². The van der Waals surface area contributed by atoms with Gasteiger partial charge in [0.15, 0.2) is 0 Å². The van der Waals surface area contributed by atoms with E-state index in [9.17, 15) is 0 Å². The lowest BCUT2D eigenvalue weighted by molar-refractivity contribution is 0.619. The van der Waals surface area contributed by atoms with Gasteiger partial charge in [-0.05, 0) is 34.5 Å². The predicted molar refractivity (Wildman–Crippen MR) is 71.4 cm³/mol. The molecule has 0 bridgehead atoms. The number of para-hydroxylation sites is 1. The third-order valence-electron chi connectivity index (χ3n) is 2.74. The second kappa shape index (κ2) is 4.87. The summed E-state index contributed by atoms with van der Waals surface area (Å²) in [5, 5.41) is 0. The van der Waals surface area contributed by atoms with E-state index in [4.69, 9.17) is 5.73 Å². The molecule has 2 N–H and O–H groups in total. The average molecular weight is 282 g/mol. The Kier molecular flexibility index (Phi) is 3.49. The summed E-state index contributed by atoms with van der Waals surface area (Å²) in [5.41, 5.74) is 8.00. The van der Waals surface area contributed by atoms with Gasteiger partial charge >= 0.3 is 0 Å². The van der Waals surface area contributed by atoms with E-state index in [-0.39, 0.29) is 0 Å². The highest BCUT2D eigenvalue weighted by molar-refractivity contribution is 9.10. The average Bonchev–Trinajstić information content (AvgIpc) is 2.58. The van der Waals surface area contributed by atoms with Gasteiger partial charge < -0.3 is 10.3 Å². The molecule has 0 spiro atoms. The number of benzene rings is 1. The van der Waals surface area contributed by atoms with Gasteiger partial charge in [0.05, 0.1) is 5.52 Å². The molecule has 86 valence electrons. The lowest BCUT2D eigenvalue weighted by Crippen LogP contribution is -2.03. The Balaban J connectivity index is 2.36. The van der Waals surface area contributed by atoms with Crippen molar-refractivity contribution < 1.29 is 0 Å². The fraction of sp³-hybridized carbons (Fsp3) is 0.417. The topological polar surface area (TPSA) is 43.8 Å². The molecule has 0 amide bonds. The van der Waals surface area contributed by atoms with Crippen LogP contribution in [0.4, 0.5) is 5.95 Å². The van der Waals surface area contributed by atoms with Gasteiger partial charge in [0, 0.05) is 11.0 Å². The van der Waals surface area contributed by atoms with Crippen molar-refractivity contribution in [2.45, 2.75) is 32.7 Å². The van der Waals surface area contributed by atoms with Crippen molar-refractivity contribution >= 4 is 32.9 Å². The lowest BCUT2D eigenvalue weighted by atomic mass is 10.2. The van der Waals surface area contributed by atoms with Gasteiger partial charge in [0.25, 0.3) is 0 Å². The third-order valence-corrected chi connectivity index (χ3v) is 3.38. The summed E-state index contributed by atoms with van der Waals surface area (Å²) < 4.78 is 3.10. The Bertz CT molecular complexity index is 490. The number of imidazole rings is 1. The molecular formula is C12H16BrN3. The van der Waals surface area contributed by atoms with Crippen LogP contribution in [0.15, 0.2) is 22.7 Å². The summed E-state index contributed by atoms with van der Waals surface area (Å²) in [5.74, 6) is 0.609. The molecule has 0 fully saturated rings. The van der Waals surface area contributed by atoms with Crippen LogP contribution in [0.25, 0.3) is 11.0 Å². The van der Waals surface area contributed by atoms with Crippen LogP contribution in [0.3, 0.4) is 0 Å². The smallest absolute Gasteiger partial charge is 0.201 e. The zero-order valence-corrected chi connectivity index (χ0v) is 11.0. The third kappa shape index (κ3) is 2.07. The Hall–Kier alpha value is -1.03. The maximum atomic E-state index is 5.94. The Morgan fingerprint density at radius 3 is 2.94 bits per heavy atom. The highest BCUT2D eigenvalue weighted by atomic mass is 79.9. The minimum atomic E-state index is 0.609. The van der Waals surface area contributed by atoms with Gasteiger partial charge in [-0.15, -0.1) is 0 Å². The van der Waals surface area contributed by atoms with E-state index in [1.165, 1.54) is 12.8 Å². The van der Waals surface area contributed by atoms with Crippen LogP contribution in [0.1, 0.15) is 26.2 Å². The number of hydrogen-bond donors (Lipinski definition) is 1. The van der Waals surface area contributed by atoms with Crippen LogP contribution in [-0.2, 0) is 6.54 Å². The highest BCUT2D eigenvalue weighted by Gasteiger charge is 2.09. The summed E-state index contributed by atoms with van der Waals surface area (Å²) >= 11 is 3.49. The van der Waals surface area contributed by atoms with Crippen LogP contribution in [0.2, 0.25) is 0 Å². The van der Waals surface area contributed by atoms with Gasteiger partial charge in [-0.25, -0.2) is 4.98 Å². The first-order valence-electron chi connectivity index (χ1n) is 5.64. The number of nitrogen functional groups attached to an aromatic ring is 1. The second-order valence-corrected chi connectivity index (χ2v) is 4.79. The van der Waals surface area contributed by atoms with Crippen LogP contribution >= 0.6 is 15.9 Å². The number of nitrogens with zero attached hydrogens (tertiary/aromatic N) is 2. The molecule has 2 aromatic rings. The molecule has 0 aliphatic heterocycles. The summed E-state index contributed by atoms with van der Waals surface area (Å²) in [6.07, 6.45) is 3.60. The summed E-state index contributed by atoms with van der Waals surface area (Å²) in [6, 6.07) is 6.07. The minimum absolute atomic E-state index is 0.609. The van der Waals surface area contributed by atoms with Crippen molar-refractivity contribution in [2.24, 2.45) is 0 Å². The Morgan fingerprint density at radius 2 is 2.19 bits per heavy atom. The molecule has 3 nitrogen and oxygen atoms in total. The Morgan fingerprint density at radius 1 is 1.38 bits per heavy atom. The summed E-state index contributed by atoms with van der Waals surface area (Å²) in [4.78, 5) is 4.39. The van der Waals surface area contributed by atoms with Gasteiger partial charge in [0.2, 0.25) is 5.95 Å². The van der Waals surface area contributed by atoms with E-state index in [0.29, 0.717) is 5.95 Å². The molecule has 4 heteroatoms. The predicted octanol–water partition coefficient (Wildman–Crippen LogP) is 3.57. The number of unbranched alkanes of at least 4 members (excludes halogenated alkanes) is 2. The molecule has 0 aliphatic rings. The number of fused-ring (bicyclic) bond motifs is 1. The molecule has 0 saturated carbocycles. The maximum Gasteiger partial charge on any atom is 0.201 e. The monoisotopic (exact) mass is 281 g/mol. The SMILES string of the molecule is CCCCCn1c(N)nc2c(Br)cccc21. The van der Waals surface area contributed by atoms with Crippen molar-refractivity contribution in [3.05, 3.63) is 22.7 Å². The van der Waals surface area contributed by atoms with E-state index in [2.05, 4.69) is 38.5 Å². The van der Waals surface area contributed by atoms with Crippen LogP contribution in [0, 0.1) is 0 Å². The molecule has 1 heterocycles. The van der Waals surface area contributed by atoms with Gasteiger partial charge in [0.1, 0.15) is 5.52 Å². The van der Waals surface area contributed by atoms with Gasteiger partial charge in [-0.2, -0.15) is 0 Å². The highest BCUT2D eigenvalue weighted by Crippen LogP contribution is 2.25. The first-order valence-corrected chi connectivity index (χ1v) is 6.43. The van der Waals surface area contributed by atoms with Crippen molar-refractivity contribution in [3.63, 3.8) is 0 Å². The maximum absolute atomic E-state index is 5.94. The zero-order chi connectivity index (χ0) is 11.5. The standard InChI is InChI=1S/C12H16BrN3/c1-2-3-4-8-16-10-7-5-6-9(13)11(10)15-12(16)14/h5-7H,2-4,8H2,1H3,(H2,14,15). The first kappa shape index (κ1) is 11.5. The van der Waals surface area contributed by atoms with E-state index in [0.717, 1.165) is 28.5 Å². The number of hydrogen-bond acceptors (Lipinski definition) is 2.